The Balaban J connectivity index is 1.59. The maximum absolute atomic E-state index is 13.1. The van der Waals surface area contributed by atoms with Crippen molar-refractivity contribution in [3.8, 4) is 0 Å². The fraction of sp³-hybridized carbons (Fsp3) is 0.240. The van der Waals surface area contributed by atoms with Crippen molar-refractivity contribution in [2.75, 3.05) is 13.1 Å². The molecule has 0 aromatic heterocycles. The Morgan fingerprint density at radius 2 is 1.47 bits per heavy atom. The van der Waals surface area contributed by atoms with Crippen molar-refractivity contribution in [3.63, 3.8) is 0 Å². The lowest BCUT2D eigenvalue weighted by Gasteiger charge is -2.31. The van der Waals surface area contributed by atoms with Crippen molar-refractivity contribution in [3.05, 3.63) is 83.4 Å². The first kappa shape index (κ1) is 19.8. The van der Waals surface area contributed by atoms with Crippen LogP contribution in [0.1, 0.15) is 40.1 Å². The van der Waals surface area contributed by atoms with Gasteiger partial charge in [0.05, 0.1) is 0 Å². The van der Waals surface area contributed by atoms with Gasteiger partial charge in [-0.1, -0.05) is 68.4 Å². The number of hydrogen-bond donors (Lipinski definition) is 0. The third-order valence-corrected chi connectivity index (χ3v) is 5.47. The number of carbonyl (C=O) groups excluding carboxylic acids is 3. The highest BCUT2D eigenvalue weighted by molar-refractivity contribution is 6.25. The summed E-state index contributed by atoms with van der Waals surface area (Å²) in [4.78, 5) is 41.9. The van der Waals surface area contributed by atoms with Crippen molar-refractivity contribution in [1.82, 2.24) is 9.80 Å². The van der Waals surface area contributed by atoms with E-state index in [1.165, 1.54) is 4.90 Å². The monoisotopic (exact) mass is 400 g/mol. The van der Waals surface area contributed by atoms with E-state index in [0.29, 0.717) is 29.6 Å². The fourth-order valence-electron chi connectivity index (χ4n) is 3.94. The van der Waals surface area contributed by atoms with Crippen LogP contribution in [-0.2, 0) is 11.3 Å². The molecule has 0 bridgehead atoms. The highest BCUT2D eigenvalue weighted by Gasteiger charge is 2.33. The van der Waals surface area contributed by atoms with E-state index >= 15 is 0 Å². The molecule has 4 rings (SSSR count). The van der Waals surface area contributed by atoms with E-state index in [2.05, 4.69) is 0 Å². The summed E-state index contributed by atoms with van der Waals surface area (Å²) in [7, 11) is 0. The zero-order valence-electron chi connectivity index (χ0n) is 17.2. The first-order chi connectivity index (χ1) is 14.5. The van der Waals surface area contributed by atoms with E-state index in [4.69, 9.17) is 0 Å². The molecule has 0 atom stereocenters. The van der Waals surface area contributed by atoms with E-state index in [-0.39, 0.29) is 30.2 Å². The molecular weight excluding hydrogens is 376 g/mol. The minimum Gasteiger partial charge on any atom is -0.336 e. The second kappa shape index (κ2) is 8.11. The summed E-state index contributed by atoms with van der Waals surface area (Å²) >= 11 is 0. The number of benzene rings is 3. The van der Waals surface area contributed by atoms with Gasteiger partial charge in [-0.05, 0) is 23.1 Å². The summed E-state index contributed by atoms with van der Waals surface area (Å²) in [5.41, 5.74) is 2.08. The Hall–Kier alpha value is -3.47. The zero-order valence-corrected chi connectivity index (χ0v) is 17.2. The van der Waals surface area contributed by atoms with Gasteiger partial charge in [-0.2, -0.15) is 0 Å². The number of rotatable bonds is 6. The largest absolute Gasteiger partial charge is 0.336 e. The Morgan fingerprint density at radius 3 is 2.03 bits per heavy atom. The van der Waals surface area contributed by atoms with Crippen LogP contribution in [-0.4, -0.2) is 40.6 Å². The molecule has 30 heavy (non-hydrogen) atoms. The lowest BCUT2D eigenvalue weighted by Crippen LogP contribution is -2.46. The fourth-order valence-corrected chi connectivity index (χ4v) is 3.94. The predicted molar refractivity (Wildman–Crippen MR) is 116 cm³/mol. The summed E-state index contributed by atoms with van der Waals surface area (Å²) in [5.74, 6) is -0.781. The number of nitrogens with zero attached hydrogens (tertiary/aromatic N) is 2. The summed E-state index contributed by atoms with van der Waals surface area (Å²) in [6.45, 7) is 4.61. The summed E-state index contributed by atoms with van der Waals surface area (Å²) in [6.07, 6.45) is 0. The van der Waals surface area contributed by atoms with Gasteiger partial charge in [-0.3, -0.25) is 19.3 Å². The first-order valence-corrected chi connectivity index (χ1v) is 10.2. The van der Waals surface area contributed by atoms with Crippen LogP contribution >= 0.6 is 0 Å². The lowest BCUT2D eigenvalue weighted by atomic mass is 9.94. The molecule has 152 valence electrons. The van der Waals surface area contributed by atoms with Crippen LogP contribution < -0.4 is 0 Å². The Labute approximate surface area is 175 Å². The molecule has 3 aromatic rings. The van der Waals surface area contributed by atoms with Crippen molar-refractivity contribution >= 4 is 28.5 Å². The molecule has 0 spiro atoms. The third-order valence-electron chi connectivity index (χ3n) is 5.47. The van der Waals surface area contributed by atoms with E-state index < -0.39 is 0 Å². The maximum Gasteiger partial charge on any atom is 0.261 e. The molecule has 0 unspecified atom stereocenters. The van der Waals surface area contributed by atoms with E-state index in [1.807, 2.05) is 68.4 Å². The minimum absolute atomic E-state index is 0.00161. The number of carbonyl (C=O) groups is 3. The van der Waals surface area contributed by atoms with Crippen LogP contribution in [0.5, 0.6) is 0 Å². The Morgan fingerprint density at radius 1 is 0.867 bits per heavy atom. The van der Waals surface area contributed by atoms with Crippen LogP contribution in [0.3, 0.4) is 0 Å². The molecule has 1 heterocycles. The number of imide groups is 1. The van der Waals surface area contributed by atoms with Crippen molar-refractivity contribution in [2.24, 2.45) is 5.92 Å². The van der Waals surface area contributed by atoms with Crippen molar-refractivity contribution < 1.29 is 14.4 Å². The number of amides is 3. The molecule has 1 aliphatic rings. The molecule has 3 amide bonds. The van der Waals surface area contributed by atoms with Crippen LogP contribution in [0.15, 0.2) is 66.7 Å². The van der Waals surface area contributed by atoms with Crippen molar-refractivity contribution in [1.29, 1.82) is 0 Å². The zero-order chi connectivity index (χ0) is 21.3. The van der Waals surface area contributed by atoms with Crippen molar-refractivity contribution in [2.45, 2.75) is 20.4 Å². The SMILES string of the molecule is CC(C)C(=O)N(CCN1C(=O)c2cccc3cccc(c23)C1=O)Cc1ccccc1. The molecule has 0 aliphatic carbocycles. The highest BCUT2D eigenvalue weighted by Crippen LogP contribution is 2.29. The average molecular weight is 400 g/mol. The van der Waals surface area contributed by atoms with Gasteiger partial charge in [0.15, 0.2) is 0 Å². The second-order valence-corrected chi connectivity index (χ2v) is 7.87. The Bertz CT molecular complexity index is 1070. The van der Waals surface area contributed by atoms with Crippen LogP contribution in [0.25, 0.3) is 10.8 Å². The molecule has 0 saturated heterocycles. The summed E-state index contributed by atoms with van der Waals surface area (Å²) in [5, 5.41) is 1.60. The third kappa shape index (κ3) is 3.59. The molecular formula is C25H24N2O3. The van der Waals surface area contributed by atoms with Crippen LogP contribution in [0.4, 0.5) is 0 Å². The average Bonchev–Trinajstić information content (AvgIpc) is 2.76. The van der Waals surface area contributed by atoms with E-state index in [0.717, 1.165) is 10.9 Å². The molecule has 3 aromatic carbocycles. The van der Waals surface area contributed by atoms with Gasteiger partial charge in [0.25, 0.3) is 11.8 Å². The molecule has 0 fully saturated rings. The Kier molecular flexibility index (Phi) is 5.36. The molecule has 0 radical (unpaired) electrons. The van der Waals surface area contributed by atoms with Crippen LogP contribution in [0.2, 0.25) is 0 Å². The molecule has 5 heteroatoms. The summed E-state index contributed by atoms with van der Waals surface area (Å²) in [6, 6.07) is 20.7. The van der Waals surface area contributed by atoms with Gasteiger partial charge in [0.1, 0.15) is 0 Å². The number of hydrogen-bond acceptors (Lipinski definition) is 3. The predicted octanol–water partition coefficient (Wildman–Crippen LogP) is 4.12. The van der Waals surface area contributed by atoms with E-state index in [1.54, 1.807) is 17.0 Å². The van der Waals surface area contributed by atoms with Gasteiger partial charge < -0.3 is 4.90 Å². The molecule has 5 nitrogen and oxygen atoms in total. The van der Waals surface area contributed by atoms with Gasteiger partial charge in [-0.15, -0.1) is 0 Å². The molecule has 0 saturated carbocycles. The molecule has 1 aliphatic heterocycles. The van der Waals surface area contributed by atoms with Gasteiger partial charge >= 0.3 is 0 Å². The first-order valence-electron chi connectivity index (χ1n) is 10.2. The normalized spacial score (nSPS) is 13.2. The quantitative estimate of drug-likeness (QED) is 0.585. The second-order valence-electron chi connectivity index (χ2n) is 7.87. The lowest BCUT2D eigenvalue weighted by molar-refractivity contribution is -0.135. The highest BCUT2D eigenvalue weighted by atomic mass is 16.2. The topological polar surface area (TPSA) is 57.7 Å². The van der Waals surface area contributed by atoms with E-state index in [9.17, 15) is 14.4 Å². The summed E-state index contributed by atoms with van der Waals surface area (Å²) < 4.78 is 0. The van der Waals surface area contributed by atoms with Crippen LogP contribution in [0, 0.1) is 5.92 Å². The van der Waals surface area contributed by atoms with Gasteiger partial charge in [0.2, 0.25) is 5.91 Å². The minimum atomic E-state index is -0.305. The van der Waals surface area contributed by atoms with Gasteiger partial charge in [-0.25, -0.2) is 0 Å². The molecule has 0 N–H and O–H groups in total. The standard InChI is InChI=1S/C25H24N2O3/c1-17(2)23(28)26(16-18-8-4-3-5-9-18)14-15-27-24(29)20-12-6-10-19-11-7-13-21(22(19)20)25(27)30/h3-13,17H,14-16H2,1-2H3. The maximum atomic E-state index is 13.1. The smallest absolute Gasteiger partial charge is 0.261 e. The van der Waals surface area contributed by atoms with Gasteiger partial charge in [0, 0.05) is 42.1 Å².